The molecule has 1 amide bonds. The Balaban J connectivity index is 2.52. The molecular weight excluding hydrogens is 279 g/mol. The largest absolute Gasteiger partial charge is 0.479 e. The van der Waals surface area contributed by atoms with Crippen LogP contribution in [0.4, 0.5) is 13.2 Å². The first-order chi connectivity index (χ1) is 9.23. The Bertz CT molecular complexity index is 372. The quantitative estimate of drug-likeness (QED) is 0.759. The molecule has 0 aromatic rings. The minimum Gasteiger partial charge on any atom is -0.479 e. The molecular formula is C12H18F3NO4. The Labute approximate surface area is 114 Å². The summed E-state index contributed by atoms with van der Waals surface area (Å²) in [5.74, 6) is -1.55. The predicted octanol–water partition coefficient (Wildman–Crippen LogP) is 1.81. The highest BCUT2D eigenvalue weighted by Crippen LogP contribution is 2.33. The van der Waals surface area contributed by atoms with Crippen molar-refractivity contribution in [2.75, 3.05) is 19.8 Å². The van der Waals surface area contributed by atoms with E-state index in [1.54, 1.807) is 6.92 Å². The maximum atomic E-state index is 12.0. The van der Waals surface area contributed by atoms with Gasteiger partial charge in [0, 0.05) is 6.54 Å². The van der Waals surface area contributed by atoms with Crippen LogP contribution >= 0.6 is 0 Å². The Morgan fingerprint density at radius 3 is 2.55 bits per heavy atom. The number of nitrogens with zero attached hydrogens (tertiary/aromatic N) is 1. The van der Waals surface area contributed by atoms with Crippen LogP contribution in [0.1, 0.15) is 32.6 Å². The van der Waals surface area contributed by atoms with E-state index in [4.69, 9.17) is 0 Å². The number of ether oxygens (including phenoxy) is 1. The number of carbonyl (C=O) groups excluding carboxylic acids is 1. The van der Waals surface area contributed by atoms with Gasteiger partial charge < -0.3 is 14.7 Å². The van der Waals surface area contributed by atoms with Crippen LogP contribution in [0, 0.1) is 0 Å². The Hall–Kier alpha value is -1.31. The molecule has 0 aliphatic carbocycles. The van der Waals surface area contributed by atoms with Gasteiger partial charge in [0.1, 0.15) is 12.1 Å². The summed E-state index contributed by atoms with van der Waals surface area (Å²) in [7, 11) is 0. The van der Waals surface area contributed by atoms with Gasteiger partial charge in [-0.2, -0.15) is 13.2 Å². The number of carboxylic acids is 1. The number of carboxylic acid groups (broad SMARTS) is 1. The molecule has 1 unspecified atom stereocenters. The number of rotatable bonds is 6. The van der Waals surface area contributed by atoms with Crippen molar-refractivity contribution in [2.45, 2.75) is 44.3 Å². The summed E-state index contributed by atoms with van der Waals surface area (Å²) in [5, 5.41) is 9.29. The number of amides is 1. The third kappa shape index (κ3) is 3.84. The van der Waals surface area contributed by atoms with E-state index >= 15 is 0 Å². The van der Waals surface area contributed by atoms with E-state index in [1.165, 1.54) is 4.90 Å². The van der Waals surface area contributed by atoms with Gasteiger partial charge in [-0.15, -0.1) is 0 Å². The standard InChI is InChI=1S/C12H18F3NO4/c1-2-11(10(18)19)5-3-6-16(11)9(17)4-7-20-8-12(13,14)15/h2-8H2,1H3,(H,18,19). The number of alkyl halides is 3. The van der Waals surface area contributed by atoms with Crippen molar-refractivity contribution in [3.63, 3.8) is 0 Å². The zero-order valence-corrected chi connectivity index (χ0v) is 11.2. The van der Waals surface area contributed by atoms with Crippen molar-refractivity contribution >= 4 is 11.9 Å². The number of hydrogen-bond acceptors (Lipinski definition) is 3. The number of aliphatic carboxylic acids is 1. The molecule has 0 aromatic carbocycles. The Kier molecular flexibility index (Phi) is 5.38. The van der Waals surface area contributed by atoms with Gasteiger partial charge in [0.25, 0.3) is 0 Å². The number of hydrogen-bond donors (Lipinski definition) is 1. The highest BCUT2D eigenvalue weighted by atomic mass is 19.4. The average molecular weight is 297 g/mol. The first kappa shape index (κ1) is 16.7. The maximum Gasteiger partial charge on any atom is 0.411 e. The minimum absolute atomic E-state index is 0.245. The van der Waals surface area contributed by atoms with Crippen LogP contribution in [0.15, 0.2) is 0 Å². The lowest BCUT2D eigenvalue weighted by Crippen LogP contribution is -2.52. The molecule has 0 aromatic heterocycles. The fraction of sp³-hybridized carbons (Fsp3) is 0.833. The van der Waals surface area contributed by atoms with Crippen LogP contribution in [0.2, 0.25) is 0 Å². The molecule has 8 heteroatoms. The van der Waals surface area contributed by atoms with E-state index < -0.39 is 30.2 Å². The second kappa shape index (κ2) is 6.43. The first-order valence-electron chi connectivity index (χ1n) is 6.41. The fourth-order valence-electron chi connectivity index (χ4n) is 2.47. The molecule has 1 aliphatic rings. The normalized spacial score (nSPS) is 23.1. The lowest BCUT2D eigenvalue weighted by atomic mass is 9.93. The summed E-state index contributed by atoms with van der Waals surface area (Å²) < 4.78 is 40.0. The van der Waals surface area contributed by atoms with E-state index in [9.17, 15) is 27.9 Å². The van der Waals surface area contributed by atoms with Gasteiger partial charge in [0.2, 0.25) is 5.91 Å². The van der Waals surface area contributed by atoms with Crippen molar-refractivity contribution in [1.29, 1.82) is 0 Å². The van der Waals surface area contributed by atoms with E-state index in [0.717, 1.165) is 0 Å². The molecule has 1 rings (SSSR count). The summed E-state index contributed by atoms with van der Waals surface area (Å²) >= 11 is 0. The van der Waals surface area contributed by atoms with Gasteiger partial charge in [0.05, 0.1) is 13.0 Å². The summed E-state index contributed by atoms with van der Waals surface area (Å²) in [5.41, 5.74) is -1.22. The molecule has 0 bridgehead atoms. The third-order valence-electron chi connectivity index (χ3n) is 3.50. The van der Waals surface area contributed by atoms with E-state index in [-0.39, 0.29) is 19.4 Å². The highest BCUT2D eigenvalue weighted by Gasteiger charge is 2.48. The smallest absolute Gasteiger partial charge is 0.411 e. The zero-order chi connectivity index (χ0) is 15.4. The molecule has 1 saturated heterocycles. The van der Waals surface area contributed by atoms with Crippen molar-refractivity contribution in [3.05, 3.63) is 0 Å². The van der Waals surface area contributed by atoms with Crippen molar-refractivity contribution < 1.29 is 32.6 Å². The molecule has 1 fully saturated rings. The number of carbonyl (C=O) groups is 2. The SMILES string of the molecule is CCC1(C(=O)O)CCCN1C(=O)CCOCC(F)(F)F. The third-order valence-corrected chi connectivity index (χ3v) is 3.50. The van der Waals surface area contributed by atoms with Gasteiger partial charge in [-0.25, -0.2) is 4.79 Å². The summed E-state index contributed by atoms with van der Waals surface area (Å²) in [6.45, 7) is 0.227. The molecule has 1 atom stereocenters. The summed E-state index contributed by atoms with van der Waals surface area (Å²) in [6.07, 6.45) is -3.45. The van der Waals surface area contributed by atoms with Crippen molar-refractivity contribution in [2.24, 2.45) is 0 Å². The zero-order valence-electron chi connectivity index (χ0n) is 11.2. The minimum atomic E-state index is -4.43. The van der Waals surface area contributed by atoms with Crippen LogP contribution in [0.5, 0.6) is 0 Å². The second-order valence-electron chi connectivity index (χ2n) is 4.76. The topological polar surface area (TPSA) is 66.8 Å². The van der Waals surface area contributed by atoms with E-state index in [0.29, 0.717) is 19.4 Å². The van der Waals surface area contributed by atoms with Crippen LogP contribution in [-0.4, -0.2) is 53.4 Å². The van der Waals surface area contributed by atoms with E-state index in [2.05, 4.69) is 4.74 Å². The van der Waals surface area contributed by atoms with Gasteiger partial charge >= 0.3 is 12.1 Å². The van der Waals surface area contributed by atoms with Crippen LogP contribution in [0.3, 0.4) is 0 Å². The molecule has 0 saturated carbocycles. The van der Waals surface area contributed by atoms with E-state index in [1.807, 2.05) is 0 Å². The molecule has 1 N–H and O–H groups in total. The number of halogens is 3. The predicted molar refractivity (Wildman–Crippen MR) is 63.1 cm³/mol. The second-order valence-corrected chi connectivity index (χ2v) is 4.76. The molecule has 1 heterocycles. The molecule has 0 radical (unpaired) electrons. The highest BCUT2D eigenvalue weighted by molar-refractivity contribution is 5.87. The molecule has 5 nitrogen and oxygen atoms in total. The molecule has 116 valence electrons. The molecule has 20 heavy (non-hydrogen) atoms. The Morgan fingerprint density at radius 2 is 2.05 bits per heavy atom. The summed E-state index contributed by atoms with van der Waals surface area (Å²) in [6, 6.07) is 0. The first-order valence-corrected chi connectivity index (χ1v) is 6.41. The van der Waals surface area contributed by atoms with Crippen molar-refractivity contribution in [3.8, 4) is 0 Å². The lowest BCUT2D eigenvalue weighted by Gasteiger charge is -2.34. The maximum absolute atomic E-state index is 12.0. The van der Waals surface area contributed by atoms with Crippen LogP contribution < -0.4 is 0 Å². The monoisotopic (exact) mass is 297 g/mol. The fourth-order valence-corrected chi connectivity index (χ4v) is 2.47. The van der Waals surface area contributed by atoms with Crippen molar-refractivity contribution in [1.82, 2.24) is 4.90 Å². The number of likely N-dealkylation sites (tertiary alicyclic amines) is 1. The van der Waals surface area contributed by atoms with Gasteiger partial charge in [-0.3, -0.25) is 4.79 Å². The van der Waals surface area contributed by atoms with Gasteiger partial charge in [-0.05, 0) is 19.3 Å². The average Bonchev–Trinajstić information content (AvgIpc) is 2.78. The molecule has 0 spiro atoms. The van der Waals surface area contributed by atoms with Gasteiger partial charge in [0.15, 0.2) is 0 Å². The lowest BCUT2D eigenvalue weighted by molar-refractivity contribution is -0.175. The summed E-state index contributed by atoms with van der Waals surface area (Å²) in [4.78, 5) is 24.6. The Morgan fingerprint density at radius 1 is 1.40 bits per heavy atom. The van der Waals surface area contributed by atoms with Gasteiger partial charge in [-0.1, -0.05) is 6.92 Å². The van der Waals surface area contributed by atoms with Crippen LogP contribution in [0.25, 0.3) is 0 Å². The molecule has 1 aliphatic heterocycles. The van der Waals surface area contributed by atoms with Crippen LogP contribution in [-0.2, 0) is 14.3 Å².